The highest BCUT2D eigenvalue weighted by Gasteiger charge is 2.32. The number of aromatic nitrogens is 6. The van der Waals surface area contributed by atoms with E-state index in [1.807, 2.05) is 73.7 Å². The van der Waals surface area contributed by atoms with Gasteiger partial charge in [0.15, 0.2) is 11.5 Å². The minimum atomic E-state index is -0.616. The molecule has 12 N–H and O–H groups in total. The summed E-state index contributed by atoms with van der Waals surface area (Å²) in [4.78, 5) is 95.2. The molecule has 0 bridgehead atoms. The largest absolute Gasteiger partial charge is 0.492 e. The van der Waals surface area contributed by atoms with Crippen LogP contribution in [0, 0.1) is 52.5 Å². The number of nitrogens with one attached hydrogen (secondary N) is 11. The van der Waals surface area contributed by atoms with Crippen LogP contribution in [0.4, 0.5) is 57.9 Å². The summed E-state index contributed by atoms with van der Waals surface area (Å²) >= 11 is 0. The van der Waals surface area contributed by atoms with Crippen LogP contribution in [-0.4, -0.2) is 115 Å². The van der Waals surface area contributed by atoms with E-state index < -0.39 is 58.8 Å². The van der Waals surface area contributed by atoms with Crippen LogP contribution in [0.2, 0.25) is 0 Å². The van der Waals surface area contributed by atoms with Gasteiger partial charge in [0.25, 0.3) is 0 Å². The number of H-pyrrole nitrogens is 5. The van der Waals surface area contributed by atoms with Gasteiger partial charge >= 0.3 is 0 Å². The highest BCUT2D eigenvalue weighted by atomic mass is 19.2. The minimum Gasteiger partial charge on any atom is -0.492 e. The smallest absolute Gasteiger partial charge is 0.246 e. The fourth-order valence-electron chi connectivity index (χ4n) is 16.2. The molecule has 132 heavy (non-hydrogen) atoms. The number of carbonyl (C=O) groups excluding carboxylic acids is 7. The Morgan fingerprint density at radius 3 is 1.32 bits per heavy atom. The molecule has 0 aliphatic carbocycles. The number of ketones is 1. The fraction of sp³-hybridized carbons (Fsp3) is 0.168. The first-order chi connectivity index (χ1) is 63.9. The first-order valence-electron chi connectivity index (χ1n) is 42.3. The van der Waals surface area contributed by atoms with E-state index in [0.29, 0.717) is 169 Å². The zero-order valence-electron chi connectivity index (χ0n) is 70.7. The second-order valence-electron chi connectivity index (χ2n) is 31.7. The molecule has 3 aliphatic rings. The predicted octanol–water partition coefficient (Wildman–Crippen LogP) is 20.9. The molecule has 11 aromatic carbocycles. The number of furan rings is 1. The highest BCUT2D eigenvalue weighted by Crippen LogP contribution is 2.42. The van der Waals surface area contributed by atoms with Crippen molar-refractivity contribution in [2.75, 3.05) is 47.7 Å². The maximum Gasteiger partial charge on any atom is 0.246 e. The third-order valence-electron chi connectivity index (χ3n) is 22.6. The van der Waals surface area contributed by atoms with Crippen molar-refractivity contribution in [2.24, 2.45) is 5.92 Å². The lowest BCUT2D eigenvalue weighted by atomic mass is 9.91. The van der Waals surface area contributed by atoms with Crippen LogP contribution in [0.3, 0.4) is 0 Å². The SMILES string of the molecule is CC(=O)Nc1cc(F)c2[nH]cc(-c3cccc(F)c3)c2c1.CCCOc1c(C(=O)C[C@H](CO)c2ccccc2)ccc2n[nH]c(-c3cc4ccccc4o3)c12.O=C(Nc1cc(F)c2[nH]cc(-c3cccc(F)c3)c2c1)C1CCOC1.O=C1CC[C@@H](C(=O)Nc2cc(F)c3[nH]cc(-c4cccc(F)c4)c3c2)N1.O=C1CC[C@H](C(=O)Nc2cc(F)c3[nH]cc(-c4cccc(F)c4)c3c2)N1. The average Bonchev–Trinajstić information content (AvgIpc) is 1.60. The van der Waals surface area contributed by atoms with E-state index in [0.717, 1.165) is 28.3 Å². The van der Waals surface area contributed by atoms with Crippen LogP contribution >= 0.6 is 0 Å². The summed E-state index contributed by atoms with van der Waals surface area (Å²) in [5, 5.41) is 37.1. The summed E-state index contributed by atoms with van der Waals surface area (Å²) in [6.45, 7) is 4.68. The summed E-state index contributed by atoms with van der Waals surface area (Å²) in [6, 6.07) is 57.4. The third-order valence-corrected chi connectivity index (χ3v) is 22.6. The number of anilines is 4. The molecule has 3 fully saturated rings. The number of benzene rings is 11. The Labute approximate surface area is 747 Å². The molecule has 1 unspecified atom stereocenters. The molecule has 3 aliphatic heterocycles. The van der Waals surface area contributed by atoms with Gasteiger partial charge in [-0.3, -0.25) is 38.7 Å². The van der Waals surface area contributed by atoms with E-state index in [4.69, 9.17) is 13.9 Å². The van der Waals surface area contributed by atoms with Gasteiger partial charge in [0.1, 0.15) is 75.6 Å². The number of Topliss-reactive ketones (excluding diaryl/α,β-unsaturated/α-hetero) is 1. The molecule has 23 nitrogen and oxygen atoms in total. The van der Waals surface area contributed by atoms with Crippen LogP contribution in [0.15, 0.2) is 248 Å². The van der Waals surface area contributed by atoms with Crippen molar-refractivity contribution < 1.29 is 87.7 Å². The van der Waals surface area contributed by atoms with E-state index in [-0.39, 0.29) is 88.3 Å². The zero-order chi connectivity index (χ0) is 92.4. The van der Waals surface area contributed by atoms with Crippen molar-refractivity contribution in [3.05, 3.63) is 301 Å². The minimum absolute atomic E-state index is 0.0901. The van der Waals surface area contributed by atoms with Gasteiger partial charge < -0.3 is 70.8 Å². The maximum atomic E-state index is 14.4. The van der Waals surface area contributed by atoms with Crippen molar-refractivity contribution in [2.45, 2.75) is 76.8 Å². The lowest BCUT2D eigenvalue weighted by Crippen LogP contribution is -2.37. The van der Waals surface area contributed by atoms with Gasteiger partial charge in [-0.25, -0.2) is 35.1 Å². The highest BCUT2D eigenvalue weighted by molar-refractivity contribution is 6.10. The van der Waals surface area contributed by atoms with Gasteiger partial charge in [0.2, 0.25) is 35.4 Å². The zero-order valence-corrected chi connectivity index (χ0v) is 70.7. The number of aromatic amines is 5. The van der Waals surface area contributed by atoms with Crippen LogP contribution in [0.25, 0.3) is 121 Å². The van der Waals surface area contributed by atoms with Gasteiger partial charge in [0, 0.05) is 135 Å². The average molecular weight is 1790 g/mol. The first-order valence-corrected chi connectivity index (χ1v) is 42.3. The maximum absolute atomic E-state index is 14.4. The second kappa shape index (κ2) is 39.9. The van der Waals surface area contributed by atoms with Gasteiger partial charge in [-0.15, -0.1) is 0 Å². The molecule has 31 heteroatoms. The molecule has 3 saturated heterocycles. The molecule has 6 amide bonds. The Bertz CT molecular complexity index is 7040. The molecule has 0 radical (unpaired) electrons. The number of aliphatic hydroxyl groups excluding tert-OH is 1. The van der Waals surface area contributed by atoms with Crippen LogP contribution in [0.1, 0.15) is 80.6 Å². The summed E-state index contributed by atoms with van der Waals surface area (Å²) in [5.41, 5.74) is 11.1. The Hall–Kier alpha value is -15.8. The normalized spacial score (nSPS) is 14.7. The van der Waals surface area contributed by atoms with Gasteiger partial charge in [0.05, 0.1) is 64.3 Å². The monoisotopic (exact) mass is 1790 g/mol. The summed E-state index contributed by atoms with van der Waals surface area (Å²) < 4.78 is 129. The fourth-order valence-corrected chi connectivity index (χ4v) is 16.2. The Balaban J connectivity index is 0.000000121. The number of hydrogen-bond acceptors (Lipinski definition) is 12. The Kier molecular flexibility index (Phi) is 27.1. The molecule has 6 aromatic heterocycles. The number of ether oxygens (including phenoxy) is 2. The first kappa shape index (κ1) is 89.6. The lowest BCUT2D eigenvalue weighted by Gasteiger charge is -2.16. The number of nitrogens with zero attached hydrogens (tertiary/aromatic N) is 1. The summed E-state index contributed by atoms with van der Waals surface area (Å²) in [7, 11) is 0. The van der Waals surface area contributed by atoms with Crippen molar-refractivity contribution in [3.8, 4) is 61.7 Å². The van der Waals surface area contributed by atoms with Crippen molar-refractivity contribution in [1.82, 2.24) is 40.8 Å². The van der Waals surface area contributed by atoms with E-state index in [9.17, 15) is 73.8 Å². The van der Waals surface area contributed by atoms with Crippen molar-refractivity contribution in [1.29, 1.82) is 0 Å². The summed E-state index contributed by atoms with van der Waals surface area (Å²) in [6.07, 6.45) is 9.52. The quantitative estimate of drug-likeness (QED) is 0.0250. The van der Waals surface area contributed by atoms with Crippen LogP contribution < -0.4 is 36.6 Å². The van der Waals surface area contributed by atoms with Gasteiger partial charge in [-0.1, -0.05) is 104 Å². The molecular weight excluding hydrogens is 1710 g/mol. The predicted molar refractivity (Wildman–Crippen MR) is 488 cm³/mol. The molecule has 20 rings (SSSR count). The van der Waals surface area contributed by atoms with E-state index >= 15 is 0 Å². The number of para-hydroxylation sites is 1. The third kappa shape index (κ3) is 20.4. The standard InChI is InChI=1S/C28H26N2O4.2C19H15F2N3O2.C19H16F2N2O2.C16H12F2N2O/c1-2-14-33-28-21(23(32)15-20(17-31)18-8-4-3-5-9-18)12-13-22-26(28)27(30-29-22)25-16-19-10-6-7-11-24(19)34-25;2*20-11-3-1-2-10(6-11)14-9-22-18-13(14)7-12(8-15(18)21)23-19(26)16-4-5-17(25)24-16;20-13-3-1-2-11(6-13)16-9-22-18-15(16)7-14(8-17(18)21)23-19(24)12-4-5-25-10-12;1-9(21)20-12-6-13-14(8-19-16(13)15(18)7-12)10-3-2-4-11(17)5-10/h3-13,16,20,31H,2,14-15,17H2,1H3,(H,29,30);2*1-3,6-9,16,22H,4-5H2,(H,23,26)(H,24,25);1-3,6-9,12,22H,4-5,10H2,(H,23,24);2-8,19H,1H3,(H,20,21)/t20-;2*16-;;/m110../s1. The summed E-state index contributed by atoms with van der Waals surface area (Å²) in [5.74, 6) is -4.57. The van der Waals surface area contributed by atoms with Crippen LogP contribution in [-0.2, 0) is 33.5 Å². The molecule has 670 valence electrons. The number of aliphatic hydroxyl groups is 1. The van der Waals surface area contributed by atoms with E-state index in [2.05, 4.69) is 62.0 Å². The molecule has 17 aromatic rings. The van der Waals surface area contributed by atoms with E-state index in [1.165, 1.54) is 79.7 Å². The van der Waals surface area contributed by atoms with Gasteiger partial charge in [-0.2, -0.15) is 5.10 Å². The Morgan fingerprint density at radius 2 is 0.924 bits per heavy atom. The van der Waals surface area contributed by atoms with Gasteiger partial charge in [-0.05, 0) is 175 Å². The molecule has 9 heterocycles. The number of fused-ring (bicyclic) bond motifs is 6. The van der Waals surface area contributed by atoms with Crippen LogP contribution in [0.5, 0.6) is 5.75 Å². The molecular formula is C101H84F8N12O11. The molecule has 4 atom stereocenters. The van der Waals surface area contributed by atoms with Crippen molar-refractivity contribution >= 4 is 129 Å². The van der Waals surface area contributed by atoms with Crippen molar-refractivity contribution in [3.63, 3.8) is 0 Å². The number of carbonyl (C=O) groups is 7. The number of amides is 6. The number of hydrogen-bond donors (Lipinski definition) is 12. The van der Waals surface area contributed by atoms with E-state index in [1.54, 1.807) is 104 Å². The lowest BCUT2D eigenvalue weighted by molar-refractivity contribution is -0.122. The topological polar surface area (TPSA) is 335 Å². The number of rotatable bonds is 20. The number of halogens is 8. The molecule has 0 spiro atoms. The Morgan fingerprint density at radius 1 is 0.492 bits per heavy atom. The second-order valence-corrected chi connectivity index (χ2v) is 31.7. The molecule has 0 saturated carbocycles.